The second-order valence-electron chi connectivity index (χ2n) is 6.59. The van der Waals surface area contributed by atoms with Gasteiger partial charge in [0.05, 0.1) is 25.3 Å². The molecule has 0 bridgehead atoms. The van der Waals surface area contributed by atoms with E-state index in [0.717, 1.165) is 4.47 Å². The van der Waals surface area contributed by atoms with Crippen LogP contribution < -0.4 is 10.6 Å². The van der Waals surface area contributed by atoms with Gasteiger partial charge in [-0.25, -0.2) is 0 Å². The van der Waals surface area contributed by atoms with Crippen molar-refractivity contribution in [1.82, 2.24) is 10.2 Å². The highest BCUT2D eigenvalue weighted by Crippen LogP contribution is 2.21. The zero-order valence-electron chi connectivity index (χ0n) is 15.0. The van der Waals surface area contributed by atoms with Gasteiger partial charge in [-0.3, -0.25) is 19.3 Å². The first-order chi connectivity index (χ1) is 12.4. The van der Waals surface area contributed by atoms with Gasteiger partial charge in [-0.05, 0) is 34.0 Å². The number of carbonyl (C=O) groups excluding carboxylic acids is 3. The van der Waals surface area contributed by atoms with Crippen LogP contribution in [0.5, 0.6) is 0 Å². The molecule has 1 fully saturated rings. The van der Waals surface area contributed by atoms with Crippen LogP contribution in [0.4, 0.5) is 5.69 Å². The van der Waals surface area contributed by atoms with E-state index in [1.54, 1.807) is 11.0 Å². The molecular formula is C18H24BrN3O4. The number of halogens is 1. The maximum atomic E-state index is 12.4. The number of anilines is 1. The van der Waals surface area contributed by atoms with Crippen molar-refractivity contribution in [2.24, 2.45) is 5.92 Å². The van der Waals surface area contributed by atoms with Crippen LogP contribution in [0.1, 0.15) is 20.3 Å². The highest BCUT2D eigenvalue weighted by atomic mass is 79.9. The monoisotopic (exact) mass is 425 g/mol. The van der Waals surface area contributed by atoms with Crippen LogP contribution in [0.3, 0.4) is 0 Å². The number of carbonyl (C=O) groups is 3. The molecule has 26 heavy (non-hydrogen) atoms. The number of nitrogens with one attached hydrogen (secondary N) is 2. The van der Waals surface area contributed by atoms with Crippen molar-refractivity contribution in [2.45, 2.75) is 26.3 Å². The van der Waals surface area contributed by atoms with Gasteiger partial charge >= 0.3 is 5.97 Å². The molecule has 1 aliphatic heterocycles. The Morgan fingerprint density at radius 1 is 1.38 bits per heavy atom. The fourth-order valence-electron chi connectivity index (χ4n) is 2.59. The number of nitrogens with zero attached hydrogens (tertiary/aromatic N) is 1. The molecule has 7 nitrogen and oxygen atoms in total. The van der Waals surface area contributed by atoms with Gasteiger partial charge in [-0.15, -0.1) is 0 Å². The summed E-state index contributed by atoms with van der Waals surface area (Å²) in [5.74, 6) is -0.708. The minimum absolute atomic E-state index is 0.0247. The Hall–Kier alpha value is -1.93. The molecule has 1 aromatic rings. The van der Waals surface area contributed by atoms with E-state index in [4.69, 9.17) is 4.74 Å². The smallest absolute Gasteiger partial charge is 0.307 e. The molecule has 1 heterocycles. The normalized spacial score (nSPS) is 17.7. The zero-order valence-corrected chi connectivity index (χ0v) is 16.5. The van der Waals surface area contributed by atoms with Gasteiger partial charge < -0.3 is 15.4 Å². The summed E-state index contributed by atoms with van der Waals surface area (Å²) in [6.45, 7) is 5.17. The van der Waals surface area contributed by atoms with Crippen LogP contribution in [0.25, 0.3) is 0 Å². The summed E-state index contributed by atoms with van der Waals surface area (Å²) in [6, 6.07) is 6.59. The topological polar surface area (TPSA) is 87.7 Å². The minimum atomic E-state index is -0.701. The highest BCUT2D eigenvalue weighted by Gasteiger charge is 2.33. The Kier molecular flexibility index (Phi) is 7.59. The van der Waals surface area contributed by atoms with Crippen molar-refractivity contribution >= 4 is 39.4 Å². The van der Waals surface area contributed by atoms with Gasteiger partial charge in [0, 0.05) is 17.6 Å². The molecule has 2 N–H and O–H groups in total. The summed E-state index contributed by atoms with van der Waals surface area (Å²) >= 11 is 3.38. The number of hydrogen-bond donors (Lipinski definition) is 2. The van der Waals surface area contributed by atoms with Gasteiger partial charge in [0.2, 0.25) is 11.8 Å². The summed E-state index contributed by atoms with van der Waals surface area (Å²) in [6.07, 6.45) is -0.0686. The lowest BCUT2D eigenvalue weighted by molar-refractivity contribution is -0.149. The van der Waals surface area contributed by atoms with E-state index in [2.05, 4.69) is 26.6 Å². The number of piperazine rings is 1. The lowest BCUT2D eigenvalue weighted by Gasteiger charge is -2.33. The molecular weight excluding hydrogens is 402 g/mol. The molecule has 1 aromatic carbocycles. The Morgan fingerprint density at radius 2 is 2.12 bits per heavy atom. The van der Waals surface area contributed by atoms with E-state index < -0.39 is 12.0 Å². The first-order valence-electron chi connectivity index (χ1n) is 8.58. The Morgan fingerprint density at radius 3 is 2.81 bits per heavy atom. The van der Waals surface area contributed by atoms with E-state index in [-0.39, 0.29) is 30.7 Å². The molecule has 2 rings (SSSR count). The molecule has 1 aliphatic rings. The number of rotatable bonds is 7. The van der Waals surface area contributed by atoms with E-state index in [9.17, 15) is 14.4 Å². The third kappa shape index (κ3) is 6.10. The average Bonchev–Trinajstić information content (AvgIpc) is 2.58. The predicted octanol–water partition coefficient (Wildman–Crippen LogP) is 1.78. The highest BCUT2D eigenvalue weighted by molar-refractivity contribution is 9.10. The molecule has 0 spiro atoms. The third-order valence-corrected chi connectivity index (χ3v) is 4.57. The summed E-state index contributed by atoms with van der Waals surface area (Å²) < 4.78 is 5.94. The fraction of sp³-hybridized carbons (Fsp3) is 0.500. The Bertz CT molecular complexity index is 666. The number of esters is 1. The van der Waals surface area contributed by atoms with Crippen LogP contribution in [0.2, 0.25) is 0 Å². The van der Waals surface area contributed by atoms with Gasteiger partial charge in [0.25, 0.3) is 0 Å². The zero-order chi connectivity index (χ0) is 19.1. The number of benzene rings is 1. The van der Waals surface area contributed by atoms with Crippen LogP contribution in [0, 0.1) is 5.92 Å². The van der Waals surface area contributed by atoms with E-state index >= 15 is 0 Å². The summed E-state index contributed by atoms with van der Waals surface area (Å²) in [7, 11) is 0. The molecule has 0 saturated carbocycles. The number of ether oxygens (including phenoxy) is 1. The fourth-order valence-corrected chi connectivity index (χ4v) is 2.97. The first kappa shape index (κ1) is 20.4. The van der Waals surface area contributed by atoms with E-state index in [0.29, 0.717) is 25.4 Å². The largest absolute Gasteiger partial charge is 0.465 e. The quantitative estimate of drug-likeness (QED) is 0.650. The lowest BCUT2D eigenvalue weighted by Crippen LogP contribution is -2.57. The SMILES string of the molecule is CC(C)COC(=O)CC1C(=O)NCCN1CC(=O)Nc1ccccc1Br. The molecule has 1 unspecified atom stereocenters. The van der Waals surface area contributed by atoms with Gasteiger partial charge in [0.1, 0.15) is 6.04 Å². The second kappa shape index (κ2) is 9.68. The van der Waals surface area contributed by atoms with Crippen LogP contribution >= 0.6 is 15.9 Å². The number of para-hydroxylation sites is 1. The standard InChI is InChI=1S/C18H24BrN3O4/c1-12(2)11-26-17(24)9-15-18(25)20-7-8-22(15)10-16(23)21-14-6-4-3-5-13(14)19/h3-6,12,15H,7-11H2,1-2H3,(H,20,25)(H,21,23). The maximum Gasteiger partial charge on any atom is 0.307 e. The number of amides is 2. The molecule has 2 amide bonds. The van der Waals surface area contributed by atoms with Crippen LogP contribution in [-0.2, 0) is 19.1 Å². The molecule has 142 valence electrons. The van der Waals surface area contributed by atoms with Crippen molar-refractivity contribution in [3.8, 4) is 0 Å². The summed E-state index contributed by atoms with van der Waals surface area (Å²) in [5.41, 5.74) is 0.659. The average molecular weight is 426 g/mol. The summed E-state index contributed by atoms with van der Waals surface area (Å²) in [4.78, 5) is 38.2. The van der Waals surface area contributed by atoms with Crippen LogP contribution in [0.15, 0.2) is 28.7 Å². The van der Waals surface area contributed by atoms with Crippen molar-refractivity contribution < 1.29 is 19.1 Å². The summed E-state index contributed by atoms with van der Waals surface area (Å²) in [5, 5.41) is 5.55. The van der Waals surface area contributed by atoms with Crippen molar-refractivity contribution in [3.05, 3.63) is 28.7 Å². The minimum Gasteiger partial charge on any atom is -0.465 e. The molecule has 0 aliphatic carbocycles. The maximum absolute atomic E-state index is 12.4. The van der Waals surface area contributed by atoms with Crippen molar-refractivity contribution in [3.63, 3.8) is 0 Å². The number of hydrogen-bond acceptors (Lipinski definition) is 5. The molecule has 0 aromatic heterocycles. The van der Waals surface area contributed by atoms with Gasteiger partial charge in [-0.1, -0.05) is 26.0 Å². The lowest BCUT2D eigenvalue weighted by atomic mass is 10.1. The van der Waals surface area contributed by atoms with Gasteiger partial charge in [-0.2, -0.15) is 0 Å². The van der Waals surface area contributed by atoms with E-state index in [1.165, 1.54) is 0 Å². The van der Waals surface area contributed by atoms with E-state index in [1.807, 2.05) is 32.0 Å². The Labute approximate surface area is 161 Å². The van der Waals surface area contributed by atoms with Crippen LogP contribution in [-0.4, -0.2) is 55.0 Å². The molecule has 8 heteroatoms. The van der Waals surface area contributed by atoms with Crippen molar-refractivity contribution in [2.75, 3.05) is 31.6 Å². The second-order valence-corrected chi connectivity index (χ2v) is 7.44. The molecule has 0 radical (unpaired) electrons. The molecule has 1 atom stereocenters. The van der Waals surface area contributed by atoms with Gasteiger partial charge in [0.15, 0.2) is 0 Å². The van der Waals surface area contributed by atoms with Crippen molar-refractivity contribution in [1.29, 1.82) is 0 Å². The predicted molar refractivity (Wildman–Crippen MR) is 102 cm³/mol. The molecule has 1 saturated heterocycles. The Balaban J connectivity index is 1.96. The first-order valence-corrected chi connectivity index (χ1v) is 9.38. The third-order valence-electron chi connectivity index (χ3n) is 3.87.